The van der Waals surface area contributed by atoms with Crippen LogP contribution in [0.5, 0.6) is 0 Å². The molecule has 2 aromatic carbocycles. The summed E-state index contributed by atoms with van der Waals surface area (Å²) < 4.78 is 9.79. The van der Waals surface area contributed by atoms with Crippen molar-refractivity contribution < 1.29 is 9.21 Å². The number of anilines is 2. The van der Waals surface area contributed by atoms with Gasteiger partial charge in [0.05, 0.1) is 0 Å². The molecule has 0 aliphatic rings. The second kappa shape index (κ2) is 6.23. The minimum Gasteiger partial charge on any atom is -0.456 e. The van der Waals surface area contributed by atoms with Crippen molar-refractivity contribution in [2.24, 2.45) is 0 Å². The van der Waals surface area contributed by atoms with Gasteiger partial charge in [0.25, 0.3) is 5.91 Å². The van der Waals surface area contributed by atoms with Crippen LogP contribution in [0.1, 0.15) is 10.5 Å². The van der Waals surface area contributed by atoms with Gasteiger partial charge in [-0.05, 0) is 47.9 Å². The third kappa shape index (κ3) is 2.97. The number of rotatable bonds is 3. The van der Waals surface area contributed by atoms with Crippen LogP contribution in [0.3, 0.4) is 0 Å². The molecule has 0 saturated carbocycles. The van der Waals surface area contributed by atoms with E-state index in [-0.39, 0.29) is 10.7 Å². The molecule has 2 heterocycles. The Bertz CT molecular complexity index is 1040. The molecule has 0 spiro atoms. The lowest BCUT2D eigenvalue weighted by Crippen LogP contribution is -2.12. The van der Waals surface area contributed by atoms with Crippen LogP contribution < -0.4 is 11.1 Å². The number of para-hydroxylation sites is 1. The first-order valence-electron chi connectivity index (χ1n) is 7.43. The maximum absolute atomic E-state index is 12.2. The van der Waals surface area contributed by atoms with E-state index in [1.165, 1.54) is 0 Å². The molecule has 0 unspecified atom stereocenters. The molecule has 5 nitrogen and oxygen atoms in total. The topological polar surface area (TPSA) is 81.1 Å². The van der Waals surface area contributed by atoms with Crippen LogP contribution in [0.25, 0.3) is 22.3 Å². The van der Waals surface area contributed by atoms with Gasteiger partial charge in [-0.1, -0.05) is 29.8 Å². The number of nitrogen functional groups attached to an aromatic ring is 1. The minimum absolute atomic E-state index is 0.130. The predicted molar refractivity (Wildman–Crippen MR) is 101 cm³/mol. The van der Waals surface area contributed by atoms with Crippen molar-refractivity contribution >= 4 is 50.7 Å². The van der Waals surface area contributed by atoms with Gasteiger partial charge < -0.3 is 15.5 Å². The van der Waals surface area contributed by atoms with Crippen LogP contribution in [0, 0.1) is 0 Å². The number of halogens is 1. The molecule has 4 rings (SSSR count). The van der Waals surface area contributed by atoms with Gasteiger partial charge in [0.15, 0.2) is 5.69 Å². The summed E-state index contributed by atoms with van der Waals surface area (Å²) in [6, 6.07) is 17.2. The van der Waals surface area contributed by atoms with Crippen molar-refractivity contribution in [2.75, 3.05) is 11.1 Å². The molecule has 0 bridgehead atoms. The molecule has 3 N–H and O–H groups in total. The van der Waals surface area contributed by atoms with E-state index in [2.05, 4.69) is 9.69 Å². The third-order valence-corrected chi connectivity index (χ3v) is 4.90. The first-order valence-corrected chi connectivity index (χ1v) is 8.58. The Labute approximate surface area is 152 Å². The Morgan fingerprint density at radius 2 is 1.92 bits per heavy atom. The van der Waals surface area contributed by atoms with Gasteiger partial charge in [-0.25, -0.2) is 0 Å². The van der Waals surface area contributed by atoms with Gasteiger partial charge in [0.1, 0.15) is 21.4 Å². The van der Waals surface area contributed by atoms with E-state index in [1.54, 1.807) is 12.1 Å². The molecule has 0 atom stereocenters. The van der Waals surface area contributed by atoms with E-state index in [9.17, 15) is 4.79 Å². The van der Waals surface area contributed by atoms with Crippen LogP contribution in [0.4, 0.5) is 10.7 Å². The number of carbonyl (C=O) groups excluding carboxylic acids is 1. The maximum Gasteiger partial charge on any atom is 0.277 e. The highest BCUT2D eigenvalue weighted by Gasteiger charge is 2.17. The average Bonchev–Trinajstić information content (AvgIpc) is 3.19. The maximum atomic E-state index is 12.2. The highest BCUT2D eigenvalue weighted by molar-refractivity contribution is 7.11. The zero-order valence-corrected chi connectivity index (χ0v) is 14.4. The van der Waals surface area contributed by atoms with Crippen LogP contribution in [0.15, 0.2) is 59.0 Å². The number of fused-ring (bicyclic) bond motifs is 1. The molecular weight excluding hydrogens is 358 g/mol. The van der Waals surface area contributed by atoms with E-state index in [0.29, 0.717) is 10.7 Å². The van der Waals surface area contributed by atoms with Crippen LogP contribution in [-0.2, 0) is 0 Å². The van der Waals surface area contributed by atoms with Crippen LogP contribution in [0.2, 0.25) is 5.02 Å². The van der Waals surface area contributed by atoms with Crippen molar-refractivity contribution in [3.05, 3.63) is 65.3 Å². The summed E-state index contributed by atoms with van der Waals surface area (Å²) in [5.74, 6) is 0.379. The van der Waals surface area contributed by atoms with Crippen LogP contribution >= 0.6 is 23.1 Å². The lowest BCUT2D eigenvalue weighted by molar-refractivity contribution is 0.102. The lowest BCUT2D eigenvalue weighted by atomic mass is 10.1. The summed E-state index contributed by atoms with van der Waals surface area (Å²) in [5, 5.41) is 4.31. The van der Waals surface area contributed by atoms with E-state index >= 15 is 0 Å². The molecule has 25 heavy (non-hydrogen) atoms. The molecule has 0 radical (unpaired) electrons. The summed E-state index contributed by atoms with van der Waals surface area (Å²) in [4.78, 5) is 12.2. The van der Waals surface area contributed by atoms with Gasteiger partial charge >= 0.3 is 0 Å². The fourth-order valence-corrected chi connectivity index (χ4v) is 3.29. The molecule has 0 aliphatic carbocycles. The summed E-state index contributed by atoms with van der Waals surface area (Å²) >= 11 is 6.96. The van der Waals surface area contributed by atoms with Crippen molar-refractivity contribution in [2.45, 2.75) is 0 Å². The second-order valence-corrected chi connectivity index (χ2v) is 6.57. The highest BCUT2D eigenvalue weighted by Crippen LogP contribution is 2.30. The van der Waals surface area contributed by atoms with Crippen molar-refractivity contribution in [1.82, 2.24) is 4.37 Å². The lowest BCUT2D eigenvalue weighted by Gasteiger charge is -2.04. The molecular formula is C18H12ClN3O2S. The number of amides is 1. The molecule has 0 fully saturated rings. The van der Waals surface area contributed by atoms with Gasteiger partial charge in [-0.15, -0.1) is 0 Å². The largest absolute Gasteiger partial charge is 0.456 e. The monoisotopic (exact) mass is 369 g/mol. The van der Waals surface area contributed by atoms with Crippen molar-refractivity contribution in [1.29, 1.82) is 0 Å². The fourth-order valence-electron chi connectivity index (χ4n) is 2.47. The van der Waals surface area contributed by atoms with E-state index in [4.69, 9.17) is 21.8 Å². The number of aromatic nitrogens is 1. The molecule has 124 valence electrons. The molecule has 4 aromatic rings. The Morgan fingerprint density at radius 3 is 2.60 bits per heavy atom. The third-order valence-electron chi connectivity index (χ3n) is 3.73. The predicted octanol–water partition coefficient (Wildman–Crippen LogP) is 5.04. The van der Waals surface area contributed by atoms with Crippen molar-refractivity contribution in [3.63, 3.8) is 0 Å². The normalized spacial score (nSPS) is 10.9. The summed E-state index contributed by atoms with van der Waals surface area (Å²) in [5.41, 5.74) is 8.14. The Morgan fingerprint density at radius 1 is 1.16 bits per heavy atom. The second-order valence-electron chi connectivity index (χ2n) is 5.39. The minimum atomic E-state index is -0.394. The Hall–Kier alpha value is -2.83. The van der Waals surface area contributed by atoms with E-state index in [0.717, 1.165) is 33.8 Å². The molecule has 7 heteroatoms. The smallest absolute Gasteiger partial charge is 0.277 e. The van der Waals surface area contributed by atoms with E-state index in [1.807, 2.05) is 42.5 Å². The number of carbonyl (C=O) groups is 1. The molecule has 0 aliphatic heterocycles. The average molecular weight is 370 g/mol. The Balaban J connectivity index is 1.55. The number of benzene rings is 2. The quantitative estimate of drug-likeness (QED) is 0.529. The zero-order valence-electron chi connectivity index (χ0n) is 12.8. The first kappa shape index (κ1) is 15.7. The Kier molecular flexibility index (Phi) is 3.91. The summed E-state index contributed by atoms with van der Waals surface area (Å²) in [7, 11) is 0. The first-order chi connectivity index (χ1) is 12.1. The number of furan rings is 1. The SMILES string of the molecule is Nc1snc(C(=O)Nc2ccc(-c3cc4ccccc4o3)cc2)c1Cl. The van der Waals surface area contributed by atoms with E-state index < -0.39 is 5.91 Å². The van der Waals surface area contributed by atoms with Crippen molar-refractivity contribution in [3.8, 4) is 11.3 Å². The highest BCUT2D eigenvalue weighted by atomic mass is 35.5. The number of nitrogens with zero attached hydrogens (tertiary/aromatic N) is 1. The van der Waals surface area contributed by atoms with Gasteiger partial charge in [0.2, 0.25) is 0 Å². The molecule has 2 aromatic heterocycles. The van der Waals surface area contributed by atoms with Gasteiger partial charge in [-0.3, -0.25) is 4.79 Å². The summed E-state index contributed by atoms with van der Waals surface area (Å²) in [6.45, 7) is 0. The molecule has 1 amide bonds. The standard InChI is InChI=1S/C18H12ClN3O2S/c19-15-16(22-25-17(15)20)18(23)21-12-7-5-10(6-8-12)14-9-11-3-1-2-4-13(11)24-14/h1-9H,20H2,(H,21,23). The summed E-state index contributed by atoms with van der Waals surface area (Å²) in [6.07, 6.45) is 0. The number of nitrogens with one attached hydrogen (secondary N) is 1. The number of hydrogen-bond donors (Lipinski definition) is 2. The van der Waals surface area contributed by atoms with Gasteiger partial charge in [-0.2, -0.15) is 4.37 Å². The van der Waals surface area contributed by atoms with Crippen LogP contribution in [-0.4, -0.2) is 10.3 Å². The zero-order chi connectivity index (χ0) is 17.4. The number of hydrogen-bond acceptors (Lipinski definition) is 5. The molecule has 0 saturated heterocycles. The van der Waals surface area contributed by atoms with Gasteiger partial charge in [0, 0.05) is 16.6 Å². The fraction of sp³-hybridized carbons (Fsp3) is 0. The number of nitrogens with two attached hydrogens (primary N) is 1.